The molecule has 1 aromatic rings. The molecule has 3 nitrogen and oxygen atoms in total. The summed E-state index contributed by atoms with van der Waals surface area (Å²) < 4.78 is 0. The Morgan fingerprint density at radius 1 is 1.32 bits per heavy atom. The summed E-state index contributed by atoms with van der Waals surface area (Å²) in [6.45, 7) is 11.8. The zero-order valence-electron chi connectivity index (χ0n) is 12.8. The number of nitrogens with one attached hydrogen (secondary N) is 1. The molecule has 1 N–H and O–H groups in total. The van der Waals surface area contributed by atoms with E-state index in [1.165, 1.54) is 36.2 Å². The van der Waals surface area contributed by atoms with Crippen LogP contribution in [0.3, 0.4) is 0 Å². The van der Waals surface area contributed by atoms with E-state index in [0.29, 0.717) is 0 Å². The summed E-state index contributed by atoms with van der Waals surface area (Å²) in [4.78, 5) is 7.39. The van der Waals surface area contributed by atoms with Gasteiger partial charge < -0.3 is 10.2 Å². The topological polar surface area (TPSA) is 28.2 Å². The van der Waals surface area contributed by atoms with Crippen LogP contribution in [-0.4, -0.2) is 24.1 Å². The van der Waals surface area contributed by atoms with Gasteiger partial charge in [0, 0.05) is 30.4 Å². The summed E-state index contributed by atoms with van der Waals surface area (Å²) in [5.41, 5.74) is 3.88. The van der Waals surface area contributed by atoms with Crippen molar-refractivity contribution in [3.8, 4) is 0 Å². The molecule has 0 atom stereocenters. The molecule has 106 valence electrons. The molecule has 1 fully saturated rings. The third-order valence-corrected chi connectivity index (χ3v) is 3.73. The first-order chi connectivity index (χ1) is 9.17. The molecule has 0 radical (unpaired) electrons. The van der Waals surface area contributed by atoms with Crippen molar-refractivity contribution in [2.75, 3.05) is 18.0 Å². The minimum Gasteiger partial charge on any atom is -0.353 e. The van der Waals surface area contributed by atoms with Gasteiger partial charge in [-0.25, -0.2) is 4.98 Å². The van der Waals surface area contributed by atoms with Gasteiger partial charge in [0.25, 0.3) is 0 Å². The van der Waals surface area contributed by atoms with Crippen LogP contribution in [0.15, 0.2) is 6.07 Å². The molecular weight excluding hydrogens is 234 g/mol. The van der Waals surface area contributed by atoms with E-state index in [4.69, 9.17) is 4.98 Å². The number of aryl methyl sites for hydroxylation is 2. The summed E-state index contributed by atoms with van der Waals surface area (Å²) >= 11 is 0. The molecule has 1 heterocycles. The van der Waals surface area contributed by atoms with Crippen LogP contribution >= 0.6 is 0 Å². The fraction of sp³-hybridized carbons (Fsp3) is 0.688. The highest BCUT2D eigenvalue weighted by atomic mass is 15.2. The van der Waals surface area contributed by atoms with Crippen molar-refractivity contribution < 1.29 is 0 Å². The second-order valence-electron chi connectivity index (χ2n) is 5.59. The van der Waals surface area contributed by atoms with Crippen molar-refractivity contribution in [1.82, 2.24) is 10.3 Å². The molecule has 1 aliphatic carbocycles. The van der Waals surface area contributed by atoms with E-state index in [0.717, 1.165) is 31.4 Å². The minimum atomic E-state index is 0.731. The molecule has 0 aromatic carbocycles. The first-order valence-corrected chi connectivity index (χ1v) is 7.61. The number of rotatable bonds is 7. The maximum Gasteiger partial charge on any atom is 0.133 e. The average Bonchev–Trinajstić information content (AvgIpc) is 3.18. The van der Waals surface area contributed by atoms with E-state index < -0.39 is 0 Å². The van der Waals surface area contributed by atoms with Crippen LogP contribution in [0.5, 0.6) is 0 Å². The molecule has 0 aliphatic heterocycles. The van der Waals surface area contributed by atoms with Crippen molar-refractivity contribution in [3.63, 3.8) is 0 Å². The van der Waals surface area contributed by atoms with E-state index in [9.17, 15) is 0 Å². The van der Waals surface area contributed by atoms with Crippen molar-refractivity contribution in [2.24, 2.45) is 0 Å². The molecule has 1 aliphatic rings. The predicted molar refractivity (Wildman–Crippen MR) is 81.8 cm³/mol. The standard InChI is InChI=1S/C16H27N3/c1-5-9-19(14-7-8-14)16-15(11-17-6-2)12(3)10-13(4)18-16/h10,14,17H,5-9,11H2,1-4H3. The minimum absolute atomic E-state index is 0.731. The molecule has 1 aromatic heterocycles. The van der Waals surface area contributed by atoms with Gasteiger partial charge in [-0.2, -0.15) is 0 Å². The maximum atomic E-state index is 4.85. The number of anilines is 1. The van der Waals surface area contributed by atoms with E-state index >= 15 is 0 Å². The summed E-state index contributed by atoms with van der Waals surface area (Å²) in [5, 5.41) is 3.45. The maximum absolute atomic E-state index is 4.85. The van der Waals surface area contributed by atoms with Crippen molar-refractivity contribution in [3.05, 3.63) is 22.9 Å². The Bertz CT molecular complexity index is 424. The van der Waals surface area contributed by atoms with Gasteiger partial charge in [-0.1, -0.05) is 13.8 Å². The molecular formula is C16H27N3. The van der Waals surface area contributed by atoms with Crippen LogP contribution in [0.25, 0.3) is 0 Å². The van der Waals surface area contributed by atoms with Gasteiger partial charge in [0.2, 0.25) is 0 Å². The third kappa shape index (κ3) is 3.47. The molecule has 0 saturated heterocycles. The van der Waals surface area contributed by atoms with Crippen molar-refractivity contribution in [2.45, 2.75) is 59.5 Å². The van der Waals surface area contributed by atoms with Crippen LogP contribution in [0.4, 0.5) is 5.82 Å². The van der Waals surface area contributed by atoms with Crippen LogP contribution < -0.4 is 10.2 Å². The Morgan fingerprint density at radius 2 is 2.05 bits per heavy atom. The zero-order valence-corrected chi connectivity index (χ0v) is 12.8. The zero-order chi connectivity index (χ0) is 13.8. The van der Waals surface area contributed by atoms with Gasteiger partial charge in [0.15, 0.2) is 0 Å². The van der Waals surface area contributed by atoms with E-state index in [1.807, 2.05) is 0 Å². The molecule has 2 rings (SSSR count). The lowest BCUT2D eigenvalue weighted by Gasteiger charge is -2.27. The fourth-order valence-electron chi connectivity index (χ4n) is 2.64. The van der Waals surface area contributed by atoms with Gasteiger partial charge in [0.1, 0.15) is 5.82 Å². The van der Waals surface area contributed by atoms with Gasteiger partial charge in [-0.05, 0) is 51.3 Å². The second-order valence-corrected chi connectivity index (χ2v) is 5.59. The highest BCUT2D eigenvalue weighted by molar-refractivity contribution is 5.53. The number of pyridine rings is 1. The van der Waals surface area contributed by atoms with E-state index in [2.05, 4.69) is 44.0 Å². The van der Waals surface area contributed by atoms with Crippen molar-refractivity contribution >= 4 is 5.82 Å². The van der Waals surface area contributed by atoms with E-state index in [1.54, 1.807) is 0 Å². The lowest BCUT2D eigenvalue weighted by molar-refractivity contribution is 0.697. The largest absolute Gasteiger partial charge is 0.353 e. The van der Waals surface area contributed by atoms with Crippen molar-refractivity contribution in [1.29, 1.82) is 0 Å². The molecule has 0 unspecified atom stereocenters. The Kier molecular flexibility index (Phi) is 4.81. The molecule has 0 bridgehead atoms. The molecule has 1 saturated carbocycles. The smallest absolute Gasteiger partial charge is 0.133 e. The molecule has 0 spiro atoms. The summed E-state index contributed by atoms with van der Waals surface area (Å²) in [7, 11) is 0. The summed E-state index contributed by atoms with van der Waals surface area (Å²) in [6.07, 6.45) is 3.84. The Hall–Kier alpha value is -1.09. The number of aromatic nitrogens is 1. The van der Waals surface area contributed by atoms with Crippen LogP contribution in [0.1, 0.15) is 49.9 Å². The Labute approximate surface area is 117 Å². The summed E-state index contributed by atoms with van der Waals surface area (Å²) in [6, 6.07) is 2.93. The Morgan fingerprint density at radius 3 is 2.63 bits per heavy atom. The average molecular weight is 261 g/mol. The predicted octanol–water partition coefficient (Wildman–Crippen LogP) is 3.19. The first-order valence-electron chi connectivity index (χ1n) is 7.61. The van der Waals surface area contributed by atoms with Gasteiger partial charge in [0.05, 0.1) is 0 Å². The summed E-state index contributed by atoms with van der Waals surface area (Å²) in [5.74, 6) is 1.22. The highest BCUT2D eigenvalue weighted by Crippen LogP contribution is 2.33. The van der Waals surface area contributed by atoms with Gasteiger partial charge in [-0.15, -0.1) is 0 Å². The van der Waals surface area contributed by atoms with Crippen LogP contribution in [-0.2, 0) is 6.54 Å². The molecule has 3 heteroatoms. The molecule has 0 amide bonds. The monoisotopic (exact) mass is 261 g/mol. The normalized spacial score (nSPS) is 14.7. The fourth-order valence-corrected chi connectivity index (χ4v) is 2.64. The van der Waals surface area contributed by atoms with Crippen LogP contribution in [0.2, 0.25) is 0 Å². The number of hydrogen-bond acceptors (Lipinski definition) is 3. The van der Waals surface area contributed by atoms with Crippen LogP contribution in [0, 0.1) is 13.8 Å². The van der Waals surface area contributed by atoms with Gasteiger partial charge in [-0.3, -0.25) is 0 Å². The van der Waals surface area contributed by atoms with Gasteiger partial charge >= 0.3 is 0 Å². The van der Waals surface area contributed by atoms with E-state index in [-0.39, 0.29) is 0 Å². The first kappa shape index (κ1) is 14.3. The number of nitrogens with zero attached hydrogens (tertiary/aromatic N) is 2. The second kappa shape index (κ2) is 6.38. The quantitative estimate of drug-likeness (QED) is 0.817. The number of hydrogen-bond donors (Lipinski definition) is 1. The third-order valence-electron chi connectivity index (χ3n) is 3.73. The lowest BCUT2D eigenvalue weighted by atomic mass is 10.1. The molecule has 19 heavy (non-hydrogen) atoms. The Balaban J connectivity index is 2.34. The lowest BCUT2D eigenvalue weighted by Crippen LogP contribution is -2.30. The SMILES string of the molecule is CCCN(c1nc(C)cc(C)c1CNCC)C1CC1. The highest BCUT2D eigenvalue weighted by Gasteiger charge is 2.31.